The first-order chi connectivity index (χ1) is 6.70. The average molecular weight is 223 g/mol. The summed E-state index contributed by atoms with van der Waals surface area (Å²) in [6.45, 7) is 0. The molecule has 1 rings (SSSR count). The second kappa shape index (κ2) is 5.11. The summed E-state index contributed by atoms with van der Waals surface area (Å²) in [6, 6.07) is 2.40. The van der Waals surface area contributed by atoms with E-state index in [9.17, 15) is 14.0 Å². The fraction of sp³-hybridized carbons (Fsp3) is 0.143. The zero-order valence-corrected chi connectivity index (χ0v) is 7.77. The number of ether oxygens (including phenoxy) is 1. The fourth-order valence-electron chi connectivity index (χ4n) is 0.787. The summed E-state index contributed by atoms with van der Waals surface area (Å²) in [6.07, 6.45) is 0. The van der Waals surface area contributed by atoms with Crippen LogP contribution in [0.4, 0.5) is 8.78 Å². The third kappa shape index (κ3) is 2.32. The molecule has 0 radical (unpaired) electrons. The minimum atomic E-state index is -1.16. The van der Waals surface area contributed by atoms with Gasteiger partial charge in [-0.05, 0) is 12.1 Å². The highest BCUT2D eigenvalue weighted by Crippen LogP contribution is 2.29. The first kappa shape index (κ1) is 11.2. The van der Waals surface area contributed by atoms with Crippen molar-refractivity contribution in [2.24, 2.45) is 0 Å². The topological polar surface area (TPSA) is 50.8 Å². The third-order valence-corrected chi connectivity index (χ3v) is 2.00. The summed E-state index contributed by atoms with van der Waals surface area (Å²) in [4.78, 5) is -0.209. The molecule has 4 nitrogen and oxygen atoms in total. The van der Waals surface area contributed by atoms with Crippen LogP contribution in [0.3, 0.4) is 0 Å². The Morgan fingerprint density at radius 3 is 2.57 bits per heavy atom. The summed E-state index contributed by atoms with van der Waals surface area (Å²) >= 11 is 0.275. The molecule has 0 aliphatic heterocycles. The van der Waals surface area contributed by atoms with E-state index in [2.05, 4.69) is 14.1 Å². The maximum absolute atomic E-state index is 13.1. The van der Waals surface area contributed by atoms with Crippen LogP contribution in [0.5, 0.6) is 5.75 Å². The van der Waals surface area contributed by atoms with Crippen molar-refractivity contribution in [1.82, 2.24) is 0 Å². The molecule has 0 aliphatic rings. The van der Waals surface area contributed by atoms with Crippen molar-refractivity contribution in [2.45, 2.75) is 4.90 Å². The Morgan fingerprint density at radius 1 is 1.29 bits per heavy atom. The highest BCUT2D eigenvalue weighted by molar-refractivity contribution is 7.94. The number of methoxy groups -OCH3 is 1. The first-order valence-corrected chi connectivity index (χ1v) is 4.10. The van der Waals surface area contributed by atoms with Crippen LogP contribution < -0.4 is 9.99 Å². The summed E-state index contributed by atoms with van der Waals surface area (Å²) in [5, 5.41) is 12.4. The van der Waals surface area contributed by atoms with Gasteiger partial charge in [0.25, 0.3) is 0 Å². The zero-order valence-electron chi connectivity index (χ0n) is 6.95. The molecule has 0 N–H and O–H groups in total. The van der Waals surface area contributed by atoms with Crippen LogP contribution in [-0.4, -0.2) is 7.11 Å². The smallest absolute Gasteiger partial charge is 0.201 e. The van der Waals surface area contributed by atoms with Crippen molar-refractivity contribution in [3.05, 3.63) is 23.8 Å². The van der Waals surface area contributed by atoms with E-state index in [0.717, 1.165) is 0 Å². The van der Waals surface area contributed by atoms with Gasteiger partial charge in [0.15, 0.2) is 11.6 Å². The predicted molar refractivity (Wildman–Crippen MR) is 40.9 cm³/mol. The largest absolute Gasteiger partial charge is 0.691 e. The summed E-state index contributed by atoms with van der Waals surface area (Å²) < 4.78 is 34.4. The molecule has 78 valence electrons. The van der Waals surface area contributed by atoms with E-state index in [4.69, 9.17) is 0 Å². The third-order valence-electron chi connectivity index (χ3n) is 1.38. The Hall–Kier alpha value is -0.890. The van der Waals surface area contributed by atoms with Crippen LogP contribution >= 0.6 is 12.0 Å². The first-order valence-electron chi connectivity index (χ1n) is 3.36. The minimum Gasteiger partial charge on any atom is -0.691 e. The molecule has 0 heterocycles. The molecule has 0 bridgehead atoms. The summed E-state index contributed by atoms with van der Waals surface area (Å²) in [5.41, 5.74) is 0. The number of rotatable bonds is 4. The van der Waals surface area contributed by atoms with E-state index in [-0.39, 0.29) is 22.7 Å². The van der Waals surface area contributed by atoms with E-state index in [1.807, 2.05) is 0 Å². The maximum Gasteiger partial charge on any atom is 0.201 e. The van der Waals surface area contributed by atoms with Crippen LogP contribution in [0.1, 0.15) is 0 Å². The number of hydrogen-bond donors (Lipinski definition) is 0. The minimum absolute atomic E-state index is 0.209. The summed E-state index contributed by atoms with van der Waals surface area (Å²) in [5.74, 6) is -2.53. The molecule has 0 amide bonds. The van der Waals surface area contributed by atoms with E-state index < -0.39 is 11.6 Å². The Balaban J connectivity index is 2.92. The van der Waals surface area contributed by atoms with Gasteiger partial charge in [-0.2, -0.15) is 8.72 Å². The van der Waals surface area contributed by atoms with Crippen molar-refractivity contribution in [1.29, 1.82) is 0 Å². The Labute approximate surface area is 82.5 Å². The van der Waals surface area contributed by atoms with Gasteiger partial charge in [0.05, 0.1) is 24.0 Å². The lowest BCUT2D eigenvalue weighted by atomic mass is 10.3. The van der Waals surface area contributed by atoms with Gasteiger partial charge in [-0.3, -0.25) is 5.04 Å². The van der Waals surface area contributed by atoms with Crippen LogP contribution in [0.2, 0.25) is 0 Å². The lowest BCUT2D eigenvalue weighted by Gasteiger charge is -2.07. The van der Waals surface area contributed by atoms with Gasteiger partial charge in [0, 0.05) is 0 Å². The molecule has 1 aromatic rings. The predicted octanol–water partition coefficient (Wildman–Crippen LogP) is 1.20. The van der Waals surface area contributed by atoms with Crippen molar-refractivity contribution in [2.75, 3.05) is 7.11 Å². The number of hydrogen-bond acceptors (Lipinski definition) is 5. The highest BCUT2D eigenvalue weighted by Gasteiger charge is 2.14. The monoisotopic (exact) mass is 223 g/mol. The van der Waals surface area contributed by atoms with Crippen LogP contribution in [0.15, 0.2) is 17.0 Å². The molecule has 1 aromatic carbocycles. The molecule has 0 saturated carbocycles. The number of benzene rings is 1. The van der Waals surface area contributed by atoms with Gasteiger partial charge in [0.2, 0.25) is 5.82 Å². The van der Waals surface area contributed by atoms with Crippen molar-refractivity contribution >= 4 is 12.0 Å². The molecule has 0 saturated heterocycles. The Kier molecular flexibility index (Phi) is 4.08. The normalized spacial score (nSPS) is 10.3. The molecule has 14 heavy (non-hydrogen) atoms. The molecule has 0 atom stereocenters. The van der Waals surface area contributed by atoms with E-state index in [1.54, 1.807) is 0 Å². The number of halogens is 2. The standard InChI is InChI=1S/C7H6F2O4S/c1-11-4-2-3-5(14-13-12-10)7(9)6(4)8/h2-3,10H,1H3/p-1. The fourth-order valence-corrected chi connectivity index (χ4v) is 1.17. The van der Waals surface area contributed by atoms with Crippen molar-refractivity contribution in [3.63, 3.8) is 0 Å². The Bertz CT molecular complexity index is 321. The van der Waals surface area contributed by atoms with Crippen LogP contribution in [0, 0.1) is 11.6 Å². The van der Waals surface area contributed by atoms with Gasteiger partial charge >= 0.3 is 0 Å². The molecular weight excluding hydrogens is 218 g/mol. The molecule has 0 fully saturated rings. The molecule has 0 unspecified atom stereocenters. The molecule has 7 heteroatoms. The van der Waals surface area contributed by atoms with Crippen molar-refractivity contribution in [3.8, 4) is 5.75 Å². The van der Waals surface area contributed by atoms with Crippen molar-refractivity contribution < 1.29 is 28.1 Å². The van der Waals surface area contributed by atoms with Gasteiger partial charge in [-0.15, -0.1) is 0 Å². The van der Waals surface area contributed by atoms with Crippen LogP contribution in [-0.2, 0) is 9.37 Å². The van der Waals surface area contributed by atoms with Gasteiger partial charge < -0.3 is 9.99 Å². The van der Waals surface area contributed by atoms with Gasteiger partial charge in [-0.1, -0.05) is 0 Å². The zero-order chi connectivity index (χ0) is 10.6. The van der Waals surface area contributed by atoms with Gasteiger partial charge in [0.1, 0.15) is 0 Å². The Morgan fingerprint density at radius 2 is 2.00 bits per heavy atom. The lowest BCUT2D eigenvalue weighted by Crippen LogP contribution is -2.01. The average Bonchev–Trinajstić information content (AvgIpc) is 2.20. The molecule has 0 aliphatic carbocycles. The quantitative estimate of drug-likeness (QED) is 0.436. The molecule has 0 aromatic heterocycles. The van der Waals surface area contributed by atoms with Gasteiger partial charge in [-0.25, -0.2) is 4.39 Å². The lowest BCUT2D eigenvalue weighted by molar-refractivity contribution is -0.777. The maximum atomic E-state index is 13.1. The van der Waals surface area contributed by atoms with Crippen LogP contribution in [0.25, 0.3) is 0 Å². The van der Waals surface area contributed by atoms with E-state index >= 15 is 0 Å². The van der Waals surface area contributed by atoms with E-state index in [0.29, 0.717) is 0 Å². The van der Waals surface area contributed by atoms with E-state index in [1.165, 1.54) is 19.2 Å². The second-order valence-electron chi connectivity index (χ2n) is 2.11. The second-order valence-corrected chi connectivity index (χ2v) is 2.86. The molecule has 0 spiro atoms. The SMILES string of the molecule is COc1ccc(SOO[O-])c(F)c1F. The summed E-state index contributed by atoms with van der Waals surface area (Å²) in [7, 11) is 1.21. The highest BCUT2D eigenvalue weighted by atomic mass is 32.2. The molecular formula is C7H5F2O4S-.